The van der Waals surface area contributed by atoms with Gasteiger partial charge in [-0.05, 0) is 86.2 Å². The van der Waals surface area contributed by atoms with Crippen molar-refractivity contribution in [1.29, 1.82) is 0 Å². The Bertz CT molecular complexity index is 1460. The Balaban J connectivity index is 1.57. The van der Waals surface area contributed by atoms with Gasteiger partial charge in [0.15, 0.2) is 0 Å². The number of thioether (sulfide) groups is 1. The number of hydrogen-bond acceptors (Lipinski definition) is 6. The van der Waals surface area contributed by atoms with Gasteiger partial charge in [0.2, 0.25) is 11.8 Å². The minimum atomic E-state index is -1.19. The molecule has 0 aliphatic carbocycles. The number of halogens is 2. The molecule has 1 aliphatic heterocycles. The van der Waals surface area contributed by atoms with E-state index in [1.54, 1.807) is 54.6 Å². The van der Waals surface area contributed by atoms with E-state index in [1.807, 2.05) is 24.3 Å². The molecular formula is C30H28Cl2N4O3S2. The van der Waals surface area contributed by atoms with Crippen molar-refractivity contribution in [3.8, 4) is 0 Å². The number of carbonyl (C=O) groups excluding carboxylic acids is 3. The van der Waals surface area contributed by atoms with Crippen molar-refractivity contribution in [2.75, 3.05) is 28.6 Å². The van der Waals surface area contributed by atoms with Crippen LogP contribution in [0.3, 0.4) is 0 Å². The molecule has 0 radical (unpaired) electrons. The third kappa shape index (κ3) is 7.89. The molecule has 7 nitrogen and oxygen atoms in total. The van der Waals surface area contributed by atoms with Gasteiger partial charge in [-0.15, -0.1) is 0 Å². The maximum Gasteiger partial charge on any atom is 0.266 e. The van der Waals surface area contributed by atoms with Gasteiger partial charge in [0.1, 0.15) is 10.4 Å². The van der Waals surface area contributed by atoms with Crippen LogP contribution < -0.4 is 15.5 Å². The number of hydrogen-bond donors (Lipinski definition) is 2. The zero-order valence-electron chi connectivity index (χ0n) is 22.4. The predicted octanol–water partition coefficient (Wildman–Crippen LogP) is 7.08. The highest BCUT2D eigenvalue weighted by Gasteiger charge is 2.41. The summed E-state index contributed by atoms with van der Waals surface area (Å²) in [5.74, 6) is -1.46. The maximum atomic E-state index is 13.6. The summed E-state index contributed by atoms with van der Waals surface area (Å²) in [6.45, 7) is 5.97. The number of thiocarbonyl (C=S) groups is 1. The van der Waals surface area contributed by atoms with Crippen LogP contribution in [0.15, 0.2) is 77.7 Å². The molecule has 1 saturated heterocycles. The van der Waals surface area contributed by atoms with Crippen molar-refractivity contribution in [3.63, 3.8) is 0 Å². The fourth-order valence-corrected chi connectivity index (χ4v) is 5.86. The molecule has 4 rings (SSSR count). The summed E-state index contributed by atoms with van der Waals surface area (Å²) >= 11 is 18.6. The minimum Gasteiger partial charge on any atom is -0.372 e. The van der Waals surface area contributed by atoms with Gasteiger partial charge in [-0.2, -0.15) is 0 Å². The molecule has 11 heteroatoms. The zero-order chi connectivity index (χ0) is 29.5. The summed E-state index contributed by atoms with van der Waals surface area (Å²) in [5.41, 5.74) is 2.89. The van der Waals surface area contributed by atoms with E-state index in [4.69, 9.17) is 35.4 Å². The highest BCUT2D eigenvalue weighted by Crippen LogP contribution is 2.35. The van der Waals surface area contributed by atoms with Crippen molar-refractivity contribution in [3.05, 3.63) is 93.3 Å². The topological polar surface area (TPSA) is 81.8 Å². The van der Waals surface area contributed by atoms with Crippen LogP contribution in [0, 0.1) is 0 Å². The van der Waals surface area contributed by atoms with E-state index in [-0.39, 0.29) is 10.7 Å². The Hall–Kier alpha value is -3.37. The molecule has 1 atom stereocenters. The molecule has 0 aromatic heterocycles. The Morgan fingerprint density at radius 2 is 1.44 bits per heavy atom. The van der Waals surface area contributed by atoms with Gasteiger partial charge in [-0.1, -0.05) is 59.3 Å². The van der Waals surface area contributed by atoms with E-state index < -0.39 is 23.8 Å². The molecule has 41 heavy (non-hydrogen) atoms. The number of nitrogens with zero attached hydrogens (tertiary/aromatic N) is 2. The second-order valence-electron chi connectivity index (χ2n) is 9.09. The quantitative estimate of drug-likeness (QED) is 0.185. The number of rotatable bonds is 10. The van der Waals surface area contributed by atoms with Crippen LogP contribution in [0.1, 0.15) is 25.8 Å². The Morgan fingerprint density at radius 1 is 0.902 bits per heavy atom. The lowest BCUT2D eigenvalue weighted by Crippen LogP contribution is -2.48. The highest BCUT2D eigenvalue weighted by molar-refractivity contribution is 8.26. The van der Waals surface area contributed by atoms with Crippen LogP contribution in [-0.4, -0.2) is 46.1 Å². The van der Waals surface area contributed by atoms with Gasteiger partial charge >= 0.3 is 0 Å². The Labute approximate surface area is 258 Å². The van der Waals surface area contributed by atoms with Crippen LogP contribution in [0.25, 0.3) is 6.08 Å². The highest BCUT2D eigenvalue weighted by atomic mass is 35.5. The second kappa shape index (κ2) is 14.0. The largest absolute Gasteiger partial charge is 0.372 e. The average molecular weight is 628 g/mol. The summed E-state index contributed by atoms with van der Waals surface area (Å²) < 4.78 is 0.191. The monoisotopic (exact) mass is 626 g/mol. The third-order valence-electron chi connectivity index (χ3n) is 6.38. The number of amides is 3. The van der Waals surface area contributed by atoms with E-state index in [0.717, 1.165) is 36.1 Å². The standard InChI is InChI=1S/C30H28Cl2N4O3S2/c1-3-35(4-2)24-15-5-19(6-16-24)17-26-29(39)36(30(40)41-26)25(28(38)34-23-13-9-21(32)10-14-23)18-27(37)33-22-11-7-20(31)8-12-22/h5-17,25H,3-4,18H2,1-2H3,(H,33,37)(H,34,38)/b26-17-. The molecule has 2 N–H and O–H groups in total. The first-order chi connectivity index (χ1) is 19.7. The van der Waals surface area contributed by atoms with Gasteiger partial charge in [0.25, 0.3) is 5.91 Å². The van der Waals surface area contributed by atoms with Gasteiger partial charge in [0, 0.05) is 40.2 Å². The van der Waals surface area contributed by atoms with Gasteiger partial charge < -0.3 is 15.5 Å². The van der Waals surface area contributed by atoms with E-state index >= 15 is 0 Å². The summed E-state index contributed by atoms with van der Waals surface area (Å²) in [6.07, 6.45) is 1.42. The molecule has 212 valence electrons. The zero-order valence-corrected chi connectivity index (χ0v) is 25.5. The normalized spacial score (nSPS) is 14.7. The average Bonchev–Trinajstić information content (AvgIpc) is 3.23. The molecule has 1 aliphatic rings. The Morgan fingerprint density at radius 3 is 1.98 bits per heavy atom. The van der Waals surface area contributed by atoms with Gasteiger partial charge in [0.05, 0.1) is 11.3 Å². The molecule has 3 aromatic rings. The van der Waals surface area contributed by atoms with Crippen LogP contribution >= 0.6 is 47.2 Å². The van der Waals surface area contributed by atoms with E-state index in [9.17, 15) is 14.4 Å². The fourth-order valence-electron chi connectivity index (χ4n) is 4.25. The lowest BCUT2D eigenvalue weighted by molar-refractivity contribution is -0.132. The Kier molecular flexibility index (Phi) is 10.4. The van der Waals surface area contributed by atoms with Crippen molar-refractivity contribution < 1.29 is 14.4 Å². The summed E-state index contributed by atoms with van der Waals surface area (Å²) in [6, 6.07) is 19.8. The number of anilines is 3. The first-order valence-corrected chi connectivity index (χ1v) is 14.9. The minimum absolute atomic E-state index is 0.191. The van der Waals surface area contributed by atoms with Crippen LogP contribution in [0.5, 0.6) is 0 Å². The van der Waals surface area contributed by atoms with Crippen molar-refractivity contribution in [2.45, 2.75) is 26.3 Å². The smallest absolute Gasteiger partial charge is 0.266 e. The van der Waals surface area contributed by atoms with Crippen molar-refractivity contribution in [2.24, 2.45) is 0 Å². The lowest BCUT2D eigenvalue weighted by Gasteiger charge is -2.25. The van der Waals surface area contributed by atoms with E-state index in [0.29, 0.717) is 26.3 Å². The van der Waals surface area contributed by atoms with Crippen LogP contribution in [0.2, 0.25) is 10.0 Å². The number of nitrogens with one attached hydrogen (secondary N) is 2. The molecule has 1 fully saturated rings. The fraction of sp³-hybridized carbons (Fsp3) is 0.200. The molecule has 0 bridgehead atoms. The van der Waals surface area contributed by atoms with Gasteiger partial charge in [-0.3, -0.25) is 19.3 Å². The number of benzene rings is 3. The van der Waals surface area contributed by atoms with E-state index in [2.05, 4.69) is 29.4 Å². The summed E-state index contributed by atoms with van der Waals surface area (Å²) in [7, 11) is 0. The van der Waals surface area contributed by atoms with Crippen LogP contribution in [-0.2, 0) is 14.4 Å². The maximum absolute atomic E-state index is 13.6. The summed E-state index contributed by atoms with van der Waals surface area (Å²) in [4.78, 5) is 44.0. The van der Waals surface area contributed by atoms with Crippen LogP contribution in [0.4, 0.5) is 17.1 Å². The SMILES string of the molecule is CCN(CC)c1ccc(/C=C2\SC(=S)N(C(CC(=O)Nc3ccc(Cl)cc3)C(=O)Nc3ccc(Cl)cc3)C2=O)cc1. The predicted molar refractivity (Wildman–Crippen MR) is 174 cm³/mol. The third-order valence-corrected chi connectivity index (χ3v) is 8.21. The summed E-state index contributed by atoms with van der Waals surface area (Å²) in [5, 5.41) is 6.56. The number of carbonyl (C=O) groups is 3. The van der Waals surface area contributed by atoms with Crippen molar-refractivity contribution in [1.82, 2.24) is 4.90 Å². The first kappa shape index (κ1) is 30.6. The molecule has 0 spiro atoms. The van der Waals surface area contributed by atoms with E-state index in [1.165, 1.54) is 4.90 Å². The van der Waals surface area contributed by atoms with Crippen molar-refractivity contribution >= 4 is 92.4 Å². The molecule has 3 aromatic carbocycles. The second-order valence-corrected chi connectivity index (χ2v) is 11.6. The molecule has 1 unspecified atom stereocenters. The van der Waals surface area contributed by atoms with Gasteiger partial charge in [-0.25, -0.2) is 0 Å². The molecule has 0 saturated carbocycles. The first-order valence-electron chi connectivity index (χ1n) is 12.9. The molecular weight excluding hydrogens is 599 g/mol. The lowest BCUT2D eigenvalue weighted by atomic mass is 10.1. The molecule has 3 amide bonds. The molecule has 1 heterocycles.